The highest BCUT2D eigenvalue weighted by Gasteiger charge is 2.42. The fourth-order valence-corrected chi connectivity index (χ4v) is 2.69. The first-order valence-corrected chi connectivity index (χ1v) is 5.37. The molecule has 1 N–H and O–H groups in total. The van der Waals surface area contributed by atoms with Crippen LogP contribution in [0.5, 0.6) is 0 Å². The number of nitrogens with zero attached hydrogens (tertiary/aromatic N) is 2. The molecular formula is C11H14N3O. The van der Waals surface area contributed by atoms with Gasteiger partial charge in [-0.05, 0) is 18.4 Å². The molecule has 3 heterocycles. The van der Waals surface area contributed by atoms with Gasteiger partial charge in [0.05, 0.1) is 18.9 Å². The third-order valence-corrected chi connectivity index (χ3v) is 3.39. The number of hydrogen-bond donors (Lipinski definition) is 1. The smallest absolute Gasteiger partial charge is 0.197 e. The normalized spacial score (nSPS) is 35.1. The first-order valence-electron chi connectivity index (χ1n) is 5.37. The third-order valence-electron chi connectivity index (χ3n) is 3.39. The van der Waals surface area contributed by atoms with Gasteiger partial charge in [-0.15, -0.1) is 0 Å². The van der Waals surface area contributed by atoms with Gasteiger partial charge in [-0.25, -0.2) is 9.97 Å². The fourth-order valence-electron chi connectivity index (χ4n) is 2.69. The molecule has 2 bridgehead atoms. The topological polar surface area (TPSA) is 47.0 Å². The van der Waals surface area contributed by atoms with Crippen molar-refractivity contribution in [2.75, 3.05) is 26.3 Å². The highest BCUT2D eigenvalue weighted by atomic mass is 16.5. The average Bonchev–Trinajstić information content (AvgIpc) is 2.30. The molecule has 0 saturated carbocycles. The lowest BCUT2D eigenvalue weighted by atomic mass is 9.73. The average molecular weight is 204 g/mol. The Balaban J connectivity index is 1.95. The minimum Gasteiger partial charge on any atom is -0.380 e. The van der Waals surface area contributed by atoms with Crippen LogP contribution in [0.1, 0.15) is 12.1 Å². The highest BCUT2D eigenvalue weighted by Crippen LogP contribution is 2.36. The van der Waals surface area contributed by atoms with E-state index in [2.05, 4.69) is 21.6 Å². The summed E-state index contributed by atoms with van der Waals surface area (Å²) in [7, 11) is 0. The molecule has 1 radical (unpaired) electrons. The van der Waals surface area contributed by atoms with Gasteiger partial charge in [0.2, 0.25) is 0 Å². The van der Waals surface area contributed by atoms with Crippen LogP contribution in [0.15, 0.2) is 12.3 Å². The molecule has 4 heteroatoms. The van der Waals surface area contributed by atoms with Gasteiger partial charge in [0.25, 0.3) is 0 Å². The maximum Gasteiger partial charge on any atom is 0.197 e. The van der Waals surface area contributed by atoms with Crippen molar-refractivity contribution >= 4 is 0 Å². The zero-order chi connectivity index (χ0) is 10.1. The van der Waals surface area contributed by atoms with Crippen LogP contribution < -0.4 is 5.32 Å². The number of ether oxygens (including phenoxy) is 1. The quantitative estimate of drug-likeness (QED) is 0.707. The van der Waals surface area contributed by atoms with Crippen molar-refractivity contribution < 1.29 is 4.74 Å². The number of hydrogen-bond acceptors (Lipinski definition) is 4. The second-order valence-corrected chi connectivity index (χ2v) is 4.54. The summed E-state index contributed by atoms with van der Waals surface area (Å²) in [6.07, 6.45) is 5.60. The molecule has 0 aliphatic carbocycles. The second-order valence-electron chi connectivity index (χ2n) is 4.54. The molecule has 2 unspecified atom stereocenters. The molecule has 2 aliphatic rings. The molecule has 0 amide bonds. The summed E-state index contributed by atoms with van der Waals surface area (Å²) in [6.45, 7) is 3.66. The van der Waals surface area contributed by atoms with Gasteiger partial charge in [0.1, 0.15) is 0 Å². The van der Waals surface area contributed by atoms with E-state index in [1.807, 2.05) is 6.07 Å². The summed E-state index contributed by atoms with van der Waals surface area (Å²) in [5, 5.41) is 3.47. The minimum atomic E-state index is 0.0562. The van der Waals surface area contributed by atoms with Crippen LogP contribution in [-0.2, 0) is 10.2 Å². The summed E-state index contributed by atoms with van der Waals surface area (Å²) in [6, 6.07) is 1.98. The monoisotopic (exact) mass is 204 g/mol. The van der Waals surface area contributed by atoms with Crippen LogP contribution in [0.4, 0.5) is 0 Å². The van der Waals surface area contributed by atoms with Crippen LogP contribution in [0, 0.1) is 12.2 Å². The van der Waals surface area contributed by atoms with Crippen molar-refractivity contribution in [2.24, 2.45) is 5.92 Å². The zero-order valence-electron chi connectivity index (χ0n) is 8.57. The minimum absolute atomic E-state index is 0.0562. The van der Waals surface area contributed by atoms with Crippen LogP contribution >= 0.6 is 0 Å². The van der Waals surface area contributed by atoms with E-state index in [1.165, 1.54) is 6.42 Å². The Bertz CT molecular complexity index is 331. The zero-order valence-corrected chi connectivity index (χ0v) is 8.57. The molecule has 0 spiro atoms. The van der Waals surface area contributed by atoms with Gasteiger partial charge in [-0.2, -0.15) is 0 Å². The predicted octanol–water partition coefficient (Wildman–Crippen LogP) is 0.154. The maximum absolute atomic E-state index is 5.68. The second kappa shape index (κ2) is 3.54. The molecule has 15 heavy (non-hydrogen) atoms. The van der Waals surface area contributed by atoms with E-state index in [0.29, 0.717) is 5.92 Å². The highest BCUT2D eigenvalue weighted by molar-refractivity contribution is 5.19. The lowest BCUT2D eigenvalue weighted by molar-refractivity contribution is -0.0227. The summed E-state index contributed by atoms with van der Waals surface area (Å²) in [4.78, 5) is 8.10. The van der Waals surface area contributed by atoms with Crippen LogP contribution in [0.3, 0.4) is 0 Å². The SMILES string of the molecule is [c]1nccc(C23CNCC(COC2)C3)n1. The van der Waals surface area contributed by atoms with Gasteiger partial charge in [0.15, 0.2) is 6.33 Å². The lowest BCUT2D eigenvalue weighted by Crippen LogP contribution is -2.54. The van der Waals surface area contributed by atoms with Crippen LogP contribution in [0.25, 0.3) is 0 Å². The van der Waals surface area contributed by atoms with Crippen molar-refractivity contribution in [2.45, 2.75) is 11.8 Å². The van der Waals surface area contributed by atoms with E-state index >= 15 is 0 Å². The van der Waals surface area contributed by atoms with Crippen molar-refractivity contribution in [3.8, 4) is 0 Å². The Labute approximate surface area is 89.1 Å². The molecule has 4 nitrogen and oxygen atoms in total. The summed E-state index contributed by atoms with van der Waals surface area (Å²) in [5.74, 6) is 0.627. The molecule has 2 saturated heterocycles. The molecule has 2 atom stereocenters. The maximum atomic E-state index is 5.68. The van der Waals surface area contributed by atoms with E-state index in [-0.39, 0.29) is 5.41 Å². The van der Waals surface area contributed by atoms with Gasteiger partial charge in [-0.3, -0.25) is 0 Å². The summed E-state index contributed by atoms with van der Waals surface area (Å²) in [5.41, 5.74) is 1.12. The molecular weight excluding hydrogens is 190 g/mol. The first-order chi connectivity index (χ1) is 7.39. The van der Waals surface area contributed by atoms with E-state index < -0.39 is 0 Å². The molecule has 1 aromatic rings. The number of aromatic nitrogens is 2. The Hall–Kier alpha value is -1.00. The number of nitrogens with one attached hydrogen (secondary N) is 1. The standard InChI is InChI=1S/C11H14N3O/c1-2-12-8-14-10(1)11-3-9(4-13-6-11)5-15-7-11/h1-2,9,13H,3-7H2. The third kappa shape index (κ3) is 1.54. The van der Waals surface area contributed by atoms with Gasteiger partial charge >= 0.3 is 0 Å². The summed E-state index contributed by atoms with van der Waals surface area (Å²) >= 11 is 0. The largest absolute Gasteiger partial charge is 0.380 e. The number of piperidine rings is 1. The van der Waals surface area contributed by atoms with Crippen molar-refractivity contribution in [3.05, 3.63) is 24.3 Å². The predicted molar refractivity (Wildman–Crippen MR) is 54.3 cm³/mol. The molecule has 2 fully saturated rings. The number of rotatable bonds is 1. The fraction of sp³-hybridized carbons (Fsp3) is 0.636. The molecule has 3 rings (SSSR count). The van der Waals surface area contributed by atoms with E-state index in [1.54, 1.807) is 6.20 Å². The molecule has 79 valence electrons. The first kappa shape index (κ1) is 9.24. The molecule has 0 aromatic carbocycles. The molecule has 2 aliphatic heterocycles. The van der Waals surface area contributed by atoms with Crippen LogP contribution in [-0.4, -0.2) is 36.3 Å². The van der Waals surface area contributed by atoms with Gasteiger partial charge in [0, 0.05) is 24.7 Å². The van der Waals surface area contributed by atoms with Crippen molar-refractivity contribution in [1.29, 1.82) is 0 Å². The number of fused-ring (bicyclic) bond motifs is 2. The molecule has 1 aromatic heterocycles. The van der Waals surface area contributed by atoms with Crippen molar-refractivity contribution in [1.82, 2.24) is 15.3 Å². The lowest BCUT2D eigenvalue weighted by Gasteiger charge is -2.44. The van der Waals surface area contributed by atoms with E-state index in [0.717, 1.165) is 32.0 Å². The summed E-state index contributed by atoms with van der Waals surface area (Å²) < 4.78 is 5.68. The van der Waals surface area contributed by atoms with Gasteiger partial charge in [-0.1, -0.05) is 0 Å². The van der Waals surface area contributed by atoms with E-state index in [4.69, 9.17) is 4.74 Å². The Morgan fingerprint density at radius 1 is 1.60 bits per heavy atom. The van der Waals surface area contributed by atoms with Crippen LogP contribution in [0.2, 0.25) is 0 Å². The van der Waals surface area contributed by atoms with Gasteiger partial charge < -0.3 is 10.1 Å². The Morgan fingerprint density at radius 3 is 3.47 bits per heavy atom. The Morgan fingerprint density at radius 2 is 2.60 bits per heavy atom. The van der Waals surface area contributed by atoms with E-state index in [9.17, 15) is 0 Å². The Kier molecular flexibility index (Phi) is 2.18. The van der Waals surface area contributed by atoms with Crippen molar-refractivity contribution in [3.63, 3.8) is 0 Å².